The van der Waals surface area contributed by atoms with Crippen molar-refractivity contribution in [1.29, 1.82) is 0 Å². The van der Waals surface area contributed by atoms with E-state index in [9.17, 15) is 4.79 Å². The van der Waals surface area contributed by atoms with Crippen molar-refractivity contribution in [3.8, 4) is 5.75 Å². The molecular weight excluding hydrogens is 444 g/mol. The molecule has 2 aromatic carbocycles. The van der Waals surface area contributed by atoms with Gasteiger partial charge in [-0.15, -0.1) is 0 Å². The lowest BCUT2D eigenvalue weighted by molar-refractivity contribution is -0.163. The van der Waals surface area contributed by atoms with Gasteiger partial charge in [0.2, 0.25) is 0 Å². The SMILES string of the molecule is C=C(CC=O)c1coc2c(O[Si](C)(C)C(C)(C)C)c3c4c(ccc3c(C)c12)C1(CC4)OCCO1. The van der Waals surface area contributed by atoms with Crippen molar-refractivity contribution in [2.45, 2.75) is 70.9 Å². The van der Waals surface area contributed by atoms with Gasteiger partial charge in [-0.2, -0.15) is 0 Å². The van der Waals surface area contributed by atoms with E-state index in [2.05, 4.69) is 59.5 Å². The molecule has 5 rings (SSSR count). The van der Waals surface area contributed by atoms with Gasteiger partial charge in [-0.05, 0) is 53.6 Å². The van der Waals surface area contributed by atoms with Crippen LogP contribution in [0.5, 0.6) is 5.75 Å². The van der Waals surface area contributed by atoms with Gasteiger partial charge in [0.25, 0.3) is 8.32 Å². The molecule has 0 saturated carbocycles. The van der Waals surface area contributed by atoms with Crippen LogP contribution in [0.4, 0.5) is 0 Å². The van der Waals surface area contributed by atoms with Gasteiger partial charge >= 0.3 is 0 Å². The monoisotopic (exact) mass is 478 g/mol. The number of ether oxygens (including phenoxy) is 2. The number of rotatable bonds is 5. The Morgan fingerprint density at radius 3 is 2.56 bits per heavy atom. The van der Waals surface area contributed by atoms with Crippen LogP contribution >= 0.6 is 0 Å². The lowest BCUT2D eigenvalue weighted by Gasteiger charge is -2.37. The second-order valence-electron chi connectivity index (χ2n) is 11.1. The van der Waals surface area contributed by atoms with E-state index < -0.39 is 14.1 Å². The van der Waals surface area contributed by atoms with Crippen molar-refractivity contribution in [2.24, 2.45) is 0 Å². The molecule has 1 spiro atoms. The highest BCUT2D eigenvalue weighted by Gasteiger charge is 2.46. The van der Waals surface area contributed by atoms with Crippen molar-refractivity contribution in [1.82, 2.24) is 0 Å². The average Bonchev–Trinajstić information content (AvgIpc) is 3.50. The number of aldehydes is 1. The van der Waals surface area contributed by atoms with E-state index in [1.54, 1.807) is 6.26 Å². The Labute approximate surface area is 202 Å². The predicted octanol–water partition coefficient (Wildman–Crippen LogP) is 7.03. The molecule has 0 bridgehead atoms. The quantitative estimate of drug-likeness (QED) is 0.291. The molecule has 0 N–H and O–H groups in total. The fraction of sp³-hybridized carbons (Fsp3) is 0.464. The molecule has 5 nitrogen and oxygen atoms in total. The van der Waals surface area contributed by atoms with Crippen molar-refractivity contribution in [2.75, 3.05) is 13.2 Å². The molecule has 2 aliphatic rings. The first-order valence-corrected chi connectivity index (χ1v) is 15.0. The number of carbonyl (C=O) groups is 1. The molecule has 1 saturated heterocycles. The van der Waals surface area contributed by atoms with Crippen molar-refractivity contribution in [3.63, 3.8) is 0 Å². The van der Waals surface area contributed by atoms with Crippen molar-refractivity contribution >= 4 is 41.9 Å². The van der Waals surface area contributed by atoms with E-state index in [4.69, 9.17) is 18.3 Å². The van der Waals surface area contributed by atoms with Gasteiger partial charge in [0.1, 0.15) is 6.29 Å². The van der Waals surface area contributed by atoms with E-state index in [1.807, 2.05) is 0 Å². The van der Waals surface area contributed by atoms with Crippen LogP contribution in [0, 0.1) is 6.92 Å². The number of allylic oxidation sites excluding steroid dienone is 1. The van der Waals surface area contributed by atoms with E-state index >= 15 is 0 Å². The molecule has 1 aliphatic heterocycles. The Balaban J connectivity index is 1.85. The standard InChI is InChI=1S/C28H34O5Si/c1-17(11-13-29)21-16-30-25-23(21)18(2)19-8-9-22-20(10-12-28(22)31-14-15-32-28)24(19)26(25)33-34(6,7)27(3,4)5/h8-9,13,16H,1,10-12,14-15H2,2-7H3. The number of carbonyl (C=O) groups excluding carboxylic acids is 1. The van der Waals surface area contributed by atoms with Crippen LogP contribution in [-0.2, 0) is 26.5 Å². The summed E-state index contributed by atoms with van der Waals surface area (Å²) in [5, 5.41) is 3.24. The van der Waals surface area contributed by atoms with Crippen molar-refractivity contribution in [3.05, 3.63) is 47.2 Å². The predicted molar refractivity (Wildman–Crippen MR) is 138 cm³/mol. The third-order valence-corrected chi connectivity index (χ3v) is 12.4. The molecule has 2 heterocycles. The zero-order valence-electron chi connectivity index (χ0n) is 21.1. The molecule has 1 fully saturated rings. The summed E-state index contributed by atoms with van der Waals surface area (Å²) in [6.45, 7) is 18.7. The Kier molecular flexibility index (Phi) is 5.35. The molecule has 180 valence electrons. The Bertz CT molecular complexity index is 1320. The molecular formula is C28H34O5Si. The fourth-order valence-electron chi connectivity index (χ4n) is 5.14. The first kappa shape index (κ1) is 23.3. The minimum atomic E-state index is -2.20. The Morgan fingerprint density at radius 1 is 1.21 bits per heavy atom. The van der Waals surface area contributed by atoms with E-state index in [1.165, 1.54) is 5.56 Å². The van der Waals surface area contributed by atoms with E-state index in [-0.39, 0.29) is 11.5 Å². The third kappa shape index (κ3) is 3.30. The molecule has 6 heteroatoms. The van der Waals surface area contributed by atoms with Gasteiger partial charge in [-0.25, -0.2) is 0 Å². The summed E-state index contributed by atoms with van der Waals surface area (Å²) in [5.74, 6) is 0.159. The number of hydrogen-bond donors (Lipinski definition) is 0. The number of benzene rings is 2. The van der Waals surface area contributed by atoms with Crippen molar-refractivity contribution < 1.29 is 23.1 Å². The second kappa shape index (κ2) is 7.80. The normalized spacial score (nSPS) is 17.6. The second-order valence-corrected chi connectivity index (χ2v) is 15.8. The zero-order valence-corrected chi connectivity index (χ0v) is 22.1. The van der Waals surface area contributed by atoms with Gasteiger partial charge in [-0.3, -0.25) is 0 Å². The maximum atomic E-state index is 11.2. The summed E-state index contributed by atoms with van der Waals surface area (Å²) >= 11 is 0. The van der Waals surface area contributed by atoms with E-state index in [0.29, 0.717) is 13.2 Å². The van der Waals surface area contributed by atoms with Crippen LogP contribution in [0.1, 0.15) is 55.9 Å². The van der Waals surface area contributed by atoms with Gasteiger partial charge < -0.3 is 23.1 Å². The molecule has 0 atom stereocenters. The minimum Gasteiger partial charge on any atom is -0.541 e. The van der Waals surface area contributed by atoms with Gasteiger partial charge in [0.15, 0.2) is 17.1 Å². The average molecular weight is 479 g/mol. The molecule has 1 aromatic heterocycles. The molecule has 0 amide bonds. The summed E-state index contributed by atoms with van der Waals surface area (Å²) < 4.78 is 25.5. The van der Waals surface area contributed by atoms with Crippen LogP contribution in [0.2, 0.25) is 18.1 Å². The summed E-state index contributed by atoms with van der Waals surface area (Å²) in [4.78, 5) is 11.2. The zero-order chi connectivity index (χ0) is 24.5. The van der Waals surface area contributed by atoms with Crippen LogP contribution in [0.25, 0.3) is 27.3 Å². The topological polar surface area (TPSA) is 57.9 Å². The first-order valence-electron chi connectivity index (χ1n) is 12.1. The third-order valence-electron chi connectivity index (χ3n) is 8.06. The summed E-state index contributed by atoms with van der Waals surface area (Å²) in [6, 6.07) is 4.32. The van der Waals surface area contributed by atoms with Gasteiger partial charge in [-0.1, -0.05) is 39.5 Å². The summed E-state index contributed by atoms with van der Waals surface area (Å²) in [6.07, 6.45) is 4.55. The van der Waals surface area contributed by atoms with Crippen LogP contribution in [-0.4, -0.2) is 27.8 Å². The number of furan rings is 1. The fourth-order valence-corrected chi connectivity index (χ4v) is 6.15. The lowest BCUT2D eigenvalue weighted by atomic mass is 9.91. The van der Waals surface area contributed by atoms with Crippen LogP contribution in [0.3, 0.4) is 0 Å². The first-order chi connectivity index (χ1) is 16.0. The summed E-state index contributed by atoms with van der Waals surface area (Å²) in [7, 11) is -2.20. The van der Waals surface area contributed by atoms with Crippen LogP contribution < -0.4 is 4.43 Å². The minimum absolute atomic E-state index is 0.0178. The number of fused-ring (bicyclic) bond motifs is 5. The molecule has 0 radical (unpaired) electrons. The molecule has 3 aromatic rings. The maximum Gasteiger partial charge on any atom is 0.250 e. The Morgan fingerprint density at radius 2 is 1.91 bits per heavy atom. The lowest BCUT2D eigenvalue weighted by Crippen LogP contribution is -2.44. The smallest absolute Gasteiger partial charge is 0.250 e. The Hall–Kier alpha value is -2.41. The highest BCUT2D eigenvalue weighted by Crippen LogP contribution is 2.52. The largest absolute Gasteiger partial charge is 0.541 e. The maximum absolute atomic E-state index is 11.2. The van der Waals surface area contributed by atoms with Gasteiger partial charge in [0.05, 0.1) is 19.5 Å². The van der Waals surface area contributed by atoms with Gasteiger partial charge in [0, 0.05) is 34.7 Å². The highest BCUT2D eigenvalue weighted by atomic mass is 28.4. The summed E-state index contributed by atoms with van der Waals surface area (Å²) in [5.41, 5.74) is 5.81. The number of aryl methyl sites for hydroxylation is 2. The number of hydrogen-bond acceptors (Lipinski definition) is 5. The van der Waals surface area contributed by atoms with E-state index in [0.717, 1.165) is 68.9 Å². The highest BCUT2D eigenvalue weighted by molar-refractivity contribution is 6.75. The van der Waals surface area contributed by atoms with Crippen LogP contribution in [0.15, 0.2) is 29.4 Å². The molecule has 0 unspecified atom stereocenters. The molecule has 34 heavy (non-hydrogen) atoms. The molecule has 1 aliphatic carbocycles.